The molecule has 128 valence electrons. The Bertz CT molecular complexity index is 934. The van der Waals surface area contributed by atoms with Crippen LogP contribution in [0.4, 0.5) is 0 Å². The molecule has 0 aliphatic carbocycles. The molecule has 0 atom stereocenters. The van der Waals surface area contributed by atoms with Crippen molar-refractivity contribution in [3.05, 3.63) is 54.1 Å². The maximum Gasteiger partial charge on any atom is 0.335 e. The molecule has 0 spiro atoms. The third-order valence-electron chi connectivity index (χ3n) is 3.51. The fourth-order valence-electron chi connectivity index (χ4n) is 2.07. The zero-order valence-corrected chi connectivity index (χ0v) is 15.9. The van der Waals surface area contributed by atoms with Crippen molar-refractivity contribution in [3.63, 3.8) is 0 Å². The van der Waals surface area contributed by atoms with Crippen LogP contribution in [0, 0.1) is 13.8 Å². The van der Waals surface area contributed by atoms with E-state index in [1.165, 1.54) is 6.21 Å². The number of nitrogens with one attached hydrogen (secondary N) is 1. The summed E-state index contributed by atoms with van der Waals surface area (Å²) >= 11 is 3.40. The Kier molecular flexibility index (Phi) is 4.85. The summed E-state index contributed by atoms with van der Waals surface area (Å²) in [5.74, 6) is -0.444. The second-order valence-electron chi connectivity index (χ2n) is 6.65. The highest BCUT2D eigenvalue weighted by molar-refractivity contribution is 9.10. The van der Waals surface area contributed by atoms with Crippen molar-refractivity contribution in [1.82, 2.24) is 9.55 Å². The first-order valence-electron chi connectivity index (χ1n) is 7.42. The van der Waals surface area contributed by atoms with Crippen molar-refractivity contribution in [1.29, 1.82) is 0 Å². The molecule has 0 amide bonds. The average Bonchev–Trinajstić information content (AvgIpc) is 2.42. The van der Waals surface area contributed by atoms with Gasteiger partial charge in [0, 0.05) is 10.7 Å². The van der Waals surface area contributed by atoms with Crippen molar-refractivity contribution < 1.29 is 5.11 Å². The van der Waals surface area contributed by atoms with Gasteiger partial charge in [-0.1, -0.05) is 0 Å². The Morgan fingerprint density at radius 1 is 1.21 bits per heavy atom. The van der Waals surface area contributed by atoms with Crippen molar-refractivity contribution in [2.45, 2.75) is 40.2 Å². The largest absolute Gasteiger partial charge is 0.493 e. The molecule has 0 aliphatic rings. The number of aromatic nitrogens is 2. The van der Waals surface area contributed by atoms with Crippen LogP contribution in [0.3, 0.4) is 0 Å². The number of aromatic hydroxyl groups is 1. The van der Waals surface area contributed by atoms with Crippen LogP contribution < -0.4 is 11.2 Å². The molecule has 0 radical (unpaired) electrons. The van der Waals surface area contributed by atoms with Crippen LogP contribution in [0.15, 0.2) is 31.2 Å². The van der Waals surface area contributed by atoms with E-state index in [0.29, 0.717) is 10.2 Å². The van der Waals surface area contributed by atoms with Gasteiger partial charge in [0.2, 0.25) is 5.88 Å². The molecule has 0 saturated carbocycles. The third kappa shape index (κ3) is 3.67. The topological polar surface area (TPSA) is 87.4 Å². The van der Waals surface area contributed by atoms with Gasteiger partial charge in [-0.15, -0.1) is 0 Å². The molecule has 2 rings (SSSR count). The van der Waals surface area contributed by atoms with Crippen LogP contribution in [0.25, 0.3) is 5.69 Å². The van der Waals surface area contributed by atoms with Gasteiger partial charge in [0.15, 0.2) is 0 Å². The highest BCUT2D eigenvalue weighted by Gasteiger charge is 2.17. The molecule has 7 heteroatoms. The molecule has 1 aromatic heterocycles. The Labute approximate surface area is 148 Å². The van der Waals surface area contributed by atoms with E-state index in [1.807, 2.05) is 40.7 Å². The molecule has 1 heterocycles. The van der Waals surface area contributed by atoms with Crippen LogP contribution in [0.5, 0.6) is 5.88 Å². The van der Waals surface area contributed by atoms with E-state index < -0.39 is 22.7 Å². The van der Waals surface area contributed by atoms with Gasteiger partial charge in [0.05, 0.1) is 11.2 Å². The quantitative estimate of drug-likeness (QED) is 0.768. The van der Waals surface area contributed by atoms with Gasteiger partial charge in [-0.2, -0.15) is 0 Å². The first-order valence-corrected chi connectivity index (χ1v) is 8.21. The molecule has 0 fully saturated rings. The molecule has 0 saturated heterocycles. The van der Waals surface area contributed by atoms with E-state index in [1.54, 1.807) is 6.07 Å². The smallest absolute Gasteiger partial charge is 0.335 e. The maximum absolute atomic E-state index is 12.2. The van der Waals surface area contributed by atoms with Crippen LogP contribution in [-0.2, 0) is 0 Å². The average molecular weight is 394 g/mol. The number of H-pyrrole nitrogens is 1. The second kappa shape index (κ2) is 6.39. The van der Waals surface area contributed by atoms with E-state index in [4.69, 9.17) is 0 Å². The van der Waals surface area contributed by atoms with Crippen molar-refractivity contribution >= 4 is 22.1 Å². The van der Waals surface area contributed by atoms with E-state index in [2.05, 4.69) is 25.9 Å². The number of aliphatic imine (C=N–C) groups is 1. The van der Waals surface area contributed by atoms with Gasteiger partial charge in [0.1, 0.15) is 5.56 Å². The summed E-state index contributed by atoms with van der Waals surface area (Å²) in [4.78, 5) is 30.7. The van der Waals surface area contributed by atoms with E-state index in [-0.39, 0.29) is 5.56 Å². The van der Waals surface area contributed by atoms with Crippen molar-refractivity contribution in [2.24, 2.45) is 4.99 Å². The molecule has 0 bridgehead atoms. The number of hydrogen-bond donors (Lipinski definition) is 2. The predicted molar refractivity (Wildman–Crippen MR) is 98.8 cm³/mol. The maximum atomic E-state index is 12.2. The fraction of sp³-hybridized carbons (Fsp3) is 0.353. The Balaban J connectivity index is 2.78. The summed E-state index contributed by atoms with van der Waals surface area (Å²) in [6.45, 7) is 9.45. The Morgan fingerprint density at radius 2 is 1.79 bits per heavy atom. The van der Waals surface area contributed by atoms with E-state index in [0.717, 1.165) is 15.7 Å². The second-order valence-corrected chi connectivity index (χ2v) is 7.50. The molecule has 24 heavy (non-hydrogen) atoms. The number of aromatic amines is 1. The van der Waals surface area contributed by atoms with Crippen LogP contribution in [-0.4, -0.2) is 26.4 Å². The molecular weight excluding hydrogens is 374 g/mol. The fourth-order valence-corrected chi connectivity index (χ4v) is 2.71. The van der Waals surface area contributed by atoms with E-state index in [9.17, 15) is 14.7 Å². The first kappa shape index (κ1) is 18.2. The van der Waals surface area contributed by atoms with Gasteiger partial charge in [-0.3, -0.25) is 14.8 Å². The number of halogens is 1. The number of benzene rings is 1. The lowest BCUT2D eigenvalue weighted by atomic mass is 10.1. The zero-order valence-electron chi connectivity index (χ0n) is 14.3. The van der Waals surface area contributed by atoms with Gasteiger partial charge in [-0.25, -0.2) is 9.36 Å². The summed E-state index contributed by atoms with van der Waals surface area (Å²) < 4.78 is 1.69. The number of aryl methyl sites for hydroxylation is 2. The standard InChI is InChI=1S/C17H20BrN3O3/c1-9-6-12(18)13(7-10(9)2)21-15(23)11(8-19-17(3,4)5)14(22)20-16(21)24/h6-8,23H,1-5H3,(H,20,22,24). The van der Waals surface area contributed by atoms with Crippen LogP contribution in [0.2, 0.25) is 0 Å². The summed E-state index contributed by atoms with van der Waals surface area (Å²) in [5, 5.41) is 10.5. The third-order valence-corrected chi connectivity index (χ3v) is 4.14. The van der Waals surface area contributed by atoms with Gasteiger partial charge < -0.3 is 5.11 Å². The SMILES string of the molecule is Cc1cc(Br)c(-n2c(O)c(C=NC(C)(C)C)c(=O)[nH]c2=O)cc1C. The molecule has 0 unspecified atom stereocenters. The lowest BCUT2D eigenvalue weighted by Crippen LogP contribution is -2.31. The minimum atomic E-state index is -0.714. The molecule has 2 N–H and O–H groups in total. The Morgan fingerprint density at radius 3 is 2.38 bits per heavy atom. The first-order chi connectivity index (χ1) is 11.0. The normalized spacial score (nSPS) is 12.1. The molecule has 2 aromatic rings. The molecule has 1 aromatic carbocycles. The zero-order chi connectivity index (χ0) is 18.2. The van der Waals surface area contributed by atoms with E-state index >= 15 is 0 Å². The predicted octanol–water partition coefficient (Wildman–Crippen LogP) is 2.83. The summed E-state index contributed by atoms with van der Waals surface area (Å²) in [6, 6.07) is 3.62. The number of hydrogen-bond acceptors (Lipinski definition) is 4. The highest BCUT2D eigenvalue weighted by Crippen LogP contribution is 2.27. The van der Waals surface area contributed by atoms with Crippen molar-refractivity contribution in [2.75, 3.05) is 0 Å². The molecule has 0 aliphatic heterocycles. The van der Waals surface area contributed by atoms with Gasteiger partial charge in [0.25, 0.3) is 5.56 Å². The summed E-state index contributed by atoms with van der Waals surface area (Å²) in [6.07, 6.45) is 1.29. The van der Waals surface area contributed by atoms with Gasteiger partial charge in [-0.05, 0) is 73.8 Å². The highest BCUT2D eigenvalue weighted by atomic mass is 79.9. The lowest BCUT2D eigenvalue weighted by Gasteiger charge is -2.14. The summed E-state index contributed by atoms with van der Waals surface area (Å²) in [7, 11) is 0. The number of nitrogens with zero attached hydrogens (tertiary/aromatic N) is 2. The minimum Gasteiger partial charge on any atom is -0.493 e. The monoisotopic (exact) mass is 393 g/mol. The van der Waals surface area contributed by atoms with Gasteiger partial charge >= 0.3 is 5.69 Å². The lowest BCUT2D eigenvalue weighted by molar-refractivity contribution is 0.429. The Hall–Kier alpha value is -2.15. The van der Waals surface area contributed by atoms with Crippen LogP contribution >= 0.6 is 15.9 Å². The molecule has 6 nitrogen and oxygen atoms in total. The molecular formula is C17H20BrN3O3. The minimum absolute atomic E-state index is 0.0605. The number of rotatable bonds is 2. The van der Waals surface area contributed by atoms with Crippen molar-refractivity contribution in [3.8, 4) is 11.6 Å². The van der Waals surface area contributed by atoms with Crippen LogP contribution in [0.1, 0.15) is 37.5 Å². The summed E-state index contributed by atoms with van der Waals surface area (Å²) in [5.41, 5.74) is 0.571.